The molecule has 5 heteroatoms. The second-order valence-corrected chi connectivity index (χ2v) is 6.48. The van der Waals surface area contributed by atoms with Crippen molar-refractivity contribution in [2.24, 2.45) is 0 Å². The third kappa shape index (κ3) is 4.64. The Balaban J connectivity index is 1.98. The van der Waals surface area contributed by atoms with Crippen LogP contribution in [0, 0.1) is 0 Å². The van der Waals surface area contributed by atoms with Crippen molar-refractivity contribution in [2.75, 3.05) is 30.8 Å². The van der Waals surface area contributed by atoms with Crippen LogP contribution in [0.2, 0.25) is 0 Å². The highest BCUT2D eigenvalue weighted by Gasteiger charge is 2.23. The largest absolute Gasteiger partial charge is 0.377 e. The van der Waals surface area contributed by atoms with Gasteiger partial charge in [0.25, 0.3) is 0 Å². The predicted octanol–water partition coefficient (Wildman–Crippen LogP) is 3.58. The van der Waals surface area contributed by atoms with Crippen molar-refractivity contribution >= 4 is 23.5 Å². The summed E-state index contributed by atoms with van der Waals surface area (Å²) in [5.74, 6) is 1.02. The molecule has 0 bridgehead atoms. The van der Waals surface area contributed by atoms with Crippen LogP contribution >= 0.6 is 11.8 Å². The molecule has 1 aromatic rings. The summed E-state index contributed by atoms with van der Waals surface area (Å²) >= 11 is 1.96. The zero-order valence-electron chi connectivity index (χ0n) is 12.8. The second-order valence-electron chi connectivity index (χ2n) is 5.07. The molecule has 0 aliphatic carbocycles. The number of anilines is 1. The predicted molar refractivity (Wildman–Crippen MR) is 88.9 cm³/mol. The number of hydrogen-bond donors (Lipinski definition) is 1. The van der Waals surface area contributed by atoms with E-state index in [0.29, 0.717) is 18.5 Å². The maximum Gasteiger partial charge on any atom is 0.321 e. The minimum absolute atomic E-state index is 0.00213. The van der Waals surface area contributed by atoms with Crippen LogP contribution in [0.25, 0.3) is 0 Å². The first-order chi connectivity index (χ1) is 10.2. The van der Waals surface area contributed by atoms with E-state index in [-0.39, 0.29) is 6.03 Å². The number of amides is 2. The molecule has 1 atom stereocenters. The summed E-state index contributed by atoms with van der Waals surface area (Å²) in [7, 11) is 0. The van der Waals surface area contributed by atoms with Gasteiger partial charge >= 0.3 is 6.03 Å². The molecule has 1 saturated heterocycles. The first-order valence-electron chi connectivity index (χ1n) is 7.57. The Hall–Kier alpha value is -1.20. The van der Waals surface area contributed by atoms with E-state index in [9.17, 15) is 4.79 Å². The van der Waals surface area contributed by atoms with Crippen LogP contribution in [0.1, 0.15) is 25.8 Å². The standard InChI is InChI=1S/C16H24N2O2S/c1-3-14-11-18(9-10-21-14)16(19)17-15-8-6-5-7-13(15)12-20-4-2/h5-8,14H,3-4,9-12H2,1-2H3,(H,17,19). The van der Waals surface area contributed by atoms with Crippen LogP contribution in [0.5, 0.6) is 0 Å². The average molecular weight is 308 g/mol. The molecule has 116 valence electrons. The molecule has 1 aromatic carbocycles. The van der Waals surface area contributed by atoms with Crippen LogP contribution in [0.4, 0.5) is 10.5 Å². The van der Waals surface area contributed by atoms with Crippen LogP contribution in [-0.4, -0.2) is 41.6 Å². The van der Waals surface area contributed by atoms with E-state index in [1.54, 1.807) is 0 Å². The summed E-state index contributed by atoms with van der Waals surface area (Å²) in [6, 6.07) is 7.83. The molecule has 1 aliphatic heterocycles. The SMILES string of the molecule is CCOCc1ccccc1NC(=O)N1CCSC(CC)C1. The maximum atomic E-state index is 12.4. The summed E-state index contributed by atoms with van der Waals surface area (Å²) in [6.07, 6.45) is 1.11. The molecule has 1 aliphatic rings. The first-order valence-corrected chi connectivity index (χ1v) is 8.62. The van der Waals surface area contributed by atoms with E-state index in [1.807, 2.05) is 47.9 Å². The van der Waals surface area contributed by atoms with Gasteiger partial charge in [0, 0.05) is 42.0 Å². The Labute approximate surface area is 131 Å². The van der Waals surface area contributed by atoms with Gasteiger partial charge in [-0.15, -0.1) is 0 Å². The monoisotopic (exact) mass is 308 g/mol. The molecule has 1 heterocycles. The fraction of sp³-hybridized carbons (Fsp3) is 0.562. The van der Waals surface area contributed by atoms with Gasteiger partial charge in [-0.2, -0.15) is 11.8 Å². The van der Waals surface area contributed by atoms with Gasteiger partial charge in [0.05, 0.1) is 6.61 Å². The van der Waals surface area contributed by atoms with Gasteiger partial charge < -0.3 is 15.0 Å². The second kappa shape index (κ2) is 8.29. The van der Waals surface area contributed by atoms with Crippen molar-refractivity contribution in [2.45, 2.75) is 32.1 Å². The fourth-order valence-corrected chi connectivity index (χ4v) is 3.51. The van der Waals surface area contributed by atoms with E-state index >= 15 is 0 Å². The summed E-state index contributed by atoms with van der Waals surface area (Å²) in [4.78, 5) is 14.3. The molecule has 4 nitrogen and oxygen atoms in total. The van der Waals surface area contributed by atoms with Crippen LogP contribution in [-0.2, 0) is 11.3 Å². The molecular weight excluding hydrogens is 284 g/mol. The molecule has 0 radical (unpaired) electrons. The molecule has 2 rings (SSSR count). The lowest BCUT2D eigenvalue weighted by molar-refractivity contribution is 0.134. The lowest BCUT2D eigenvalue weighted by Crippen LogP contribution is -2.44. The maximum absolute atomic E-state index is 12.4. The molecule has 0 saturated carbocycles. The summed E-state index contributed by atoms with van der Waals surface area (Å²) in [5, 5.41) is 3.59. The number of rotatable bonds is 5. The number of nitrogens with zero attached hydrogens (tertiary/aromatic N) is 1. The third-order valence-electron chi connectivity index (χ3n) is 3.60. The smallest absolute Gasteiger partial charge is 0.321 e. The molecule has 2 amide bonds. The van der Waals surface area contributed by atoms with Gasteiger partial charge in [-0.3, -0.25) is 0 Å². The molecular formula is C16H24N2O2S. The Morgan fingerprint density at radius 2 is 2.24 bits per heavy atom. The third-order valence-corrected chi connectivity index (χ3v) is 4.97. The Kier molecular flexibility index (Phi) is 6.39. The number of para-hydroxylation sites is 1. The zero-order valence-corrected chi connectivity index (χ0v) is 13.6. The molecule has 0 spiro atoms. The van der Waals surface area contributed by atoms with E-state index in [2.05, 4.69) is 12.2 Å². The number of nitrogens with one attached hydrogen (secondary N) is 1. The Bertz CT molecular complexity index is 467. The number of urea groups is 1. The van der Waals surface area contributed by atoms with Crippen molar-refractivity contribution in [3.63, 3.8) is 0 Å². The lowest BCUT2D eigenvalue weighted by atomic mass is 10.2. The van der Waals surface area contributed by atoms with E-state index in [4.69, 9.17) is 4.74 Å². The molecule has 0 aromatic heterocycles. The van der Waals surface area contributed by atoms with E-state index in [0.717, 1.165) is 36.5 Å². The van der Waals surface area contributed by atoms with Crippen LogP contribution < -0.4 is 5.32 Å². The number of ether oxygens (including phenoxy) is 1. The molecule has 1 N–H and O–H groups in total. The van der Waals surface area contributed by atoms with Gasteiger partial charge in [-0.25, -0.2) is 4.79 Å². The fourth-order valence-electron chi connectivity index (χ4n) is 2.33. The first kappa shape index (κ1) is 16.2. The molecule has 21 heavy (non-hydrogen) atoms. The van der Waals surface area contributed by atoms with Gasteiger partial charge in [0.15, 0.2) is 0 Å². The topological polar surface area (TPSA) is 41.6 Å². The lowest BCUT2D eigenvalue weighted by Gasteiger charge is -2.32. The summed E-state index contributed by atoms with van der Waals surface area (Å²) < 4.78 is 5.45. The number of benzene rings is 1. The van der Waals surface area contributed by atoms with E-state index < -0.39 is 0 Å². The highest BCUT2D eigenvalue weighted by atomic mass is 32.2. The van der Waals surface area contributed by atoms with Gasteiger partial charge in [0.2, 0.25) is 0 Å². The number of hydrogen-bond acceptors (Lipinski definition) is 3. The molecule has 1 fully saturated rings. The van der Waals surface area contributed by atoms with Crippen molar-refractivity contribution in [1.29, 1.82) is 0 Å². The van der Waals surface area contributed by atoms with Crippen LogP contribution in [0.3, 0.4) is 0 Å². The summed E-state index contributed by atoms with van der Waals surface area (Å²) in [6.45, 7) is 7.00. The number of thioether (sulfide) groups is 1. The van der Waals surface area contributed by atoms with Gasteiger partial charge in [-0.05, 0) is 19.4 Å². The highest BCUT2D eigenvalue weighted by molar-refractivity contribution is 8.00. The Morgan fingerprint density at radius 3 is 3.00 bits per heavy atom. The zero-order chi connectivity index (χ0) is 15.1. The minimum atomic E-state index is -0.00213. The van der Waals surface area contributed by atoms with Crippen molar-refractivity contribution in [3.05, 3.63) is 29.8 Å². The Morgan fingerprint density at radius 1 is 1.43 bits per heavy atom. The minimum Gasteiger partial charge on any atom is -0.377 e. The summed E-state index contributed by atoms with van der Waals surface area (Å²) in [5.41, 5.74) is 1.87. The quantitative estimate of drug-likeness (QED) is 0.904. The molecule has 1 unspecified atom stereocenters. The van der Waals surface area contributed by atoms with Crippen molar-refractivity contribution in [3.8, 4) is 0 Å². The van der Waals surface area contributed by atoms with Gasteiger partial charge in [0.1, 0.15) is 0 Å². The highest BCUT2D eigenvalue weighted by Crippen LogP contribution is 2.22. The van der Waals surface area contributed by atoms with Gasteiger partial charge in [-0.1, -0.05) is 25.1 Å². The number of carbonyl (C=O) groups excluding carboxylic acids is 1. The van der Waals surface area contributed by atoms with E-state index in [1.165, 1.54) is 0 Å². The number of carbonyl (C=O) groups is 1. The van der Waals surface area contributed by atoms with Crippen molar-refractivity contribution in [1.82, 2.24) is 4.90 Å². The average Bonchev–Trinajstić information content (AvgIpc) is 2.54. The van der Waals surface area contributed by atoms with Crippen molar-refractivity contribution < 1.29 is 9.53 Å². The van der Waals surface area contributed by atoms with Crippen LogP contribution in [0.15, 0.2) is 24.3 Å². The normalized spacial score (nSPS) is 18.6.